The van der Waals surface area contributed by atoms with Gasteiger partial charge in [-0.25, -0.2) is 0 Å². The Kier molecular flexibility index (Phi) is 3.79. The molecule has 4 heteroatoms. The number of hydrogen-bond acceptors (Lipinski definition) is 2. The Morgan fingerprint density at radius 1 is 1.25 bits per heavy atom. The SMILES string of the molecule is CN1CCC[C@H]1C(=O)N1CCC(CF)CC1. The summed E-state index contributed by atoms with van der Waals surface area (Å²) in [5.41, 5.74) is 0. The molecule has 2 fully saturated rings. The number of likely N-dealkylation sites (N-methyl/N-ethyl adjacent to an activating group) is 1. The molecule has 0 bridgehead atoms. The Morgan fingerprint density at radius 2 is 1.94 bits per heavy atom. The van der Waals surface area contributed by atoms with Gasteiger partial charge in [-0.05, 0) is 45.2 Å². The van der Waals surface area contributed by atoms with Gasteiger partial charge in [-0.2, -0.15) is 0 Å². The maximum absolute atomic E-state index is 12.5. The molecule has 2 saturated heterocycles. The molecule has 2 heterocycles. The van der Waals surface area contributed by atoms with Crippen LogP contribution < -0.4 is 0 Å². The summed E-state index contributed by atoms with van der Waals surface area (Å²) < 4.78 is 12.5. The highest BCUT2D eigenvalue weighted by Crippen LogP contribution is 2.22. The summed E-state index contributed by atoms with van der Waals surface area (Å²) in [6.07, 6.45) is 3.77. The van der Waals surface area contributed by atoms with Crippen LogP contribution in [0.25, 0.3) is 0 Å². The molecule has 2 aliphatic rings. The van der Waals surface area contributed by atoms with E-state index >= 15 is 0 Å². The van der Waals surface area contributed by atoms with E-state index in [1.54, 1.807) is 0 Å². The molecule has 16 heavy (non-hydrogen) atoms. The van der Waals surface area contributed by atoms with Crippen molar-refractivity contribution >= 4 is 5.91 Å². The van der Waals surface area contributed by atoms with Gasteiger partial charge in [-0.15, -0.1) is 0 Å². The molecule has 2 aliphatic heterocycles. The Morgan fingerprint density at radius 3 is 2.44 bits per heavy atom. The molecule has 0 radical (unpaired) electrons. The third-order valence-electron chi connectivity index (χ3n) is 3.95. The van der Waals surface area contributed by atoms with Crippen molar-refractivity contribution < 1.29 is 9.18 Å². The summed E-state index contributed by atoms with van der Waals surface area (Å²) in [7, 11) is 2.02. The minimum Gasteiger partial charge on any atom is -0.341 e. The van der Waals surface area contributed by atoms with Crippen molar-refractivity contribution in [3.8, 4) is 0 Å². The molecular formula is C12H21FN2O. The number of amides is 1. The lowest BCUT2D eigenvalue weighted by molar-refractivity contribution is -0.137. The number of piperidine rings is 1. The van der Waals surface area contributed by atoms with E-state index in [1.165, 1.54) is 0 Å². The van der Waals surface area contributed by atoms with E-state index in [2.05, 4.69) is 4.90 Å². The van der Waals surface area contributed by atoms with Crippen LogP contribution in [-0.2, 0) is 4.79 Å². The Labute approximate surface area is 96.6 Å². The van der Waals surface area contributed by atoms with Crippen molar-refractivity contribution in [2.45, 2.75) is 31.7 Å². The van der Waals surface area contributed by atoms with Crippen molar-refractivity contribution in [1.29, 1.82) is 0 Å². The Balaban J connectivity index is 1.86. The van der Waals surface area contributed by atoms with Crippen LogP contribution in [0.5, 0.6) is 0 Å². The van der Waals surface area contributed by atoms with Crippen LogP contribution in [0.4, 0.5) is 4.39 Å². The maximum atomic E-state index is 12.5. The van der Waals surface area contributed by atoms with Gasteiger partial charge in [0.05, 0.1) is 12.7 Å². The molecule has 1 amide bonds. The molecular weight excluding hydrogens is 207 g/mol. The minimum absolute atomic E-state index is 0.0851. The van der Waals surface area contributed by atoms with Gasteiger partial charge in [-0.3, -0.25) is 14.1 Å². The molecule has 92 valence electrons. The van der Waals surface area contributed by atoms with Gasteiger partial charge in [0, 0.05) is 13.1 Å². The average molecular weight is 228 g/mol. The van der Waals surface area contributed by atoms with E-state index in [9.17, 15) is 9.18 Å². The van der Waals surface area contributed by atoms with Crippen molar-refractivity contribution in [2.24, 2.45) is 5.92 Å². The summed E-state index contributed by atoms with van der Waals surface area (Å²) in [4.78, 5) is 16.3. The largest absolute Gasteiger partial charge is 0.341 e. The molecule has 0 aromatic rings. The summed E-state index contributed by atoms with van der Waals surface area (Å²) in [6, 6.07) is 0.0851. The molecule has 0 saturated carbocycles. The zero-order valence-corrected chi connectivity index (χ0v) is 9.99. The minimum atomic E-state index is -0.231. The predicted octanol–water partition coefficient (Wildman–Crippen LogP) is 1.29. The summed E-state index contributed by atoms with van der Waals surface area (Å²) in [5, 5.41) is 0. The standard InChI is InChI=1S/C12H21FN2O/c1-14-6-2-3-11(14)12(16)15-7-4-10(9-13)5-8-15/h10-11H,2-9H2,1H3/t11-/m0/s1. The predicted molar refractivity (Wildman–Crippen MR) is 60.9 cm³/mol. The number of carbonyl (C=O) groups excluding carboxylic acids is 1. The van der Waals surface area contributed by atoms with Gasteiger partial charge in [0.2, 0.25) is 5.91 Å². The number of rotatable bonds is 2. The molecule has 0 aromatic carbocycles. The molecule has 0 aromatic heterocycles. The first-order valence-electron chi connectivity index (χ1n) is 6.27. The fraction of sp³-hybridized carbons (Fsp3) is 0.917. The lowest BCUT2D eigenvalue weighted by Crippen LogP contribution is -2.47. The van der Waals surface area contributed by atoms with Crippen LogP contribution in [-0.4, -0.2) is 55.1 Å². The number of alkyl halides is 1. The number of nitrogens with zero attached hydrogens (tertiary/aromatic N) is 2. The topological polar surface area (TPSA) is 23.6 Å². The van der Waals surface area contributed by atoms with Crippen LogP contribution in [0.3, 0.4) is 0 Å². The normalized spacial score (nSPS) is 28.6. The van der Waals surface area contributed by atoms with E-state index < -0.39 is 0 Å². The van der Waals surface area contributed by atoms with Gasteiger partial charge in [0.25, 0.3) is 0 Å². The van der Waals surface area contributed by atoms with Crippen molar-refractivity contribution in [1.82, 2.24) is 9.80 Å². The summed E-state index contributed by atoms with van der Waals surface area (Å²) >= 11 is 0. The second-order valence-corrected chi connectivity index (χ2v) is 5.06. The highest BCUT2D eigenvalue weighted by Gasteiger charge is 2.32. The van der Waals surface area contributed by atoms with Gasteiger partial charge < -0.3 is 4.90 Å². The highest BCUT2D eigenvalue weighted by atomic mass is 19.1. The first-order valence-corrected chi connectivity index (χ1v) is 6.27. The molecule has 0 unspecified atom stereocenters. The van der Waals surface area contributed by atoms with E-state index in [1.807, 2.05) is 11.9 Å². The first kappa shape index (κ1) is 11.8. The van der Waals surface area contributed by atoms with Crippen LogP contribution >= 0.6 is 0 Å². The fourth-order valence-electron chi connectivity index (χ4n) is 2.74. The van der Waals surface area contributed by atoms with E-state index in [-0.39, 0.29) is 24.5 Å². The van der Waals surface area contributed by atoms with Crippen molar-refractivity contribution in [2.75, 3.05) is 33.4 Å². The lowest BCUT2D eigenvalue weighted by Gasteiger charge is -2.34. The van der Waals surface area contributed by atoms with Crippen LogP contribution in [0, 0.1) is 5.92 Å². The zero-order valence-electron chi connectivity index (χ0n) is 9.99. The highest BCUT2D eigenvalue weighted by molar-refractivity contribution is 5.82. The van der Waals surface area contributed by atoms with E-state index in [0.29, 0.717) is 0 Å². The number of hydrogen-bond donors (Lipinski definition) is 0. The summed E-state index contributed by atoms with van der Waals surface area (Å²) in [6.45, 7) is 2.29. The average Bonchev–Trinajstić information content (AvgIpc) is 2.75. The maximum Gasteiger partial charge on any atom is 0.239 e. The molecule has 1 atom stereocenters. The van der Waals surface area contributed by atoms with Crippen molar-refractivity contribution in [3.63, 3.8) is 0 Å². The zero-order chi connectivity index (χ0) is 11.5. The quantitative estimate of drug-likeness (QED) is 0.711. The van der Waals surface area contributed by atoms with E-state index in [0.717, 1.165) is 45.3 Å². The van der Waals surface area contributed by atoms with Gasteiger partial charge in [0.15, 0.2) is 0 Å². The second kappa shape index (κ2) is 5.13. The Hall–Kier alpha value is -0.640. The van der Waals surface area contributed by atoms with Gasteiger partial charge >= 0.3 is 0 Å². The monoisotopic (exact) mass is 228 g/mol. The number of likely N-dealkylation sites (tertiary alicyclic amines) is 2. The summed E-state index contributed by atoms with van der Waals surface area (Å²) in [5.74, 6) is 0.447. The fourth-order valence-corrected chi connectivity index (χ4v) is 2.74. The van der Waals surface area contributed by atoms with Gasteiger partial charge in [-0.1, -0.05) is 0 Å². The molecule has 0 spiro atoms. The molecule has 0 N–H and O–H groups in total. The third-order valence-corrected chi connectivity index (χ3v) is 3.95. The van der Waals surface area contributed by atoms with Crippen LogP contribution in [0.1, 0.15) is 25.7 Å². The van der Waals surface area contributed by atoms with Gasteiger partial charge in [0.1, 0.15) is 0 Å². The smallest absolute Gasteiger partial charge is 0.239 e. The first-order chi connectivity index (χ1) is 7.72. The second-order valence-electron chi connectivity index (χ2n) is 5.06. The van der Waals surface area contributed by atoms with Crippen LogP contribution in [0.15, 0.2) is 0 Å². The Bertz CT molecular complexity index is 251. The van der Waals surface area contributed by atoms with Crippen LogP contribution in [0.2, 0.25) is 0 Å². The number of carbonyl (C=O) groups is 1. The number of halogens is 1. The molecule has 2 rings (SSSR count). The lowest BCUT2D eigenvalue weighted by atomic mass is 9.97. The van der Waals surface area contributed by atoms with E-state index in [4.69, 9.17) is 0 Å². The van der Waals surface area contributed by atoms with Crippen molar-refractivity contribution in [3.05, 3.63) is 0 Å². The third kappa shape index (κ3) is 2.37. The molecule has 0 aliphatic carbocycles. The molecule has 3 nitrogen and oxygen atoms in total.